The minimum atomic E-state index is -0.474. The number of likely N-dealkylation sites (tertiary alicyclic amines) is 1. The second-order valence-electron chi connectivity index (χ2n) is 5.92. The van der Waals surface area contributed by atoms with E-state index in [2.05, 4.69) is 22.3 Å². The van der Waals surface area contributed by atoms with E-state index in [9.17, 15) is 4.79 Å². The van der Waals surface area contributed by atoms with E-state index in [1.807, 2.05) is 12.1 Å². The first kappa shape index (κ1) is 16.8. The quantitative estimate of drug-likeness (QED) is 0.839. The second-order valence-corrected chi connectivity index (χ2v) is 5.92. The number of methoxy groups -OCH3 is 1. The molecular formula is C17H27N3O2. The van der Waals surface area contributed by atoms with Crippen LogP contribution in [0.3, 0.4) is 0 Å². The smallest absolute Gasteiger partial charge is 0.236 e. The van der Waals surface area contributed by atoms with Crippen molar-refractivity contribution in [3.8, 4) is 5.75 Å². The maximum Gasteiger partial charge on any atom is 0.236 e. The zero-order valence-corrected chi connectivity index (χ0v) is 13.5. The van der Waals surface area contributed by atoms with Crippen LogP contribution < -0.4 is 15.8 Å². The Morgan fingerprint density at radius 2 is 1.91 bits per heavy atom. The molecule has 1 aromatic carbocycles. The number of nitrogens with two attached hydrogens (primary N) is 1. The largest absolute Gasteiger partial charge is 0.497 e. The Morgan fingerprint density at radius 3 is 2.45 bits per heavy atom. The molecule has 5 heteroatoms. The molecule has 1 aliphatic rings. The summed E-state index contributed by atoms with van der Waals surface area (Å²) < 4.78 is 5.22. The highest BCUT2D eigenvalue weighted by molar-refractivity contribution is 5.80. The van der Waals surface area contributed by atoms with E-state index in [4.69, 9.17) is 10.5 Å². The van der Waals surface area contributed by atoms with Crippen molar-refractivity contribution < 1.29 is 9.53 Å². The number of carbonyl (C=O) groups is 1. The maximum absolute atomic E-state index is 11.8. The lowest BCUT2D eigenvalue weighted by atomic mass is 10.0. The molecule has 3 N–H and O–H groups in total. The van der Waals surface area contributed by atoms with Crippen molar-refractivity contribution in [3.05, 3.63) is 29.8 Å². The van der Waals surface area contributed by atoms with Crippen LogP contribution in [-0.4, -0.2) is 43.6 Å². The number of hydrogen-bond donors (Lipinski definition) is 2. The van der Waals surface area contributed by atoms with Gasteiger partial charge < -0.3 is 15.8 Å². The summed E-state index contributed by atoms with van der Waals surface area (Å²) >= 11 is 0. The molecule has 22 heavy (non-hydrogen) atoms. The molecule has 0 saturated carbocycles. The van der Waals surface area contributed by atoms with Crippen molar-refractivity contribution in [2.24, 2.45) is 5.73 Å². The molecule has 1 fully saturated rings. The third-order valence-electron chi connectivity index (χ3n) is 4.22. The van der Waals surface area contributed by atoms with Crippen molar-refractivity contribution in [2.75, 3.05) is 26.7 Å². The third-order valence-corrected chi connectivity index (χ3v) is 4.22. The zero-order valence-electron chi connectivity index (χ0n) is 13.5. The molecule has 1 saturated heterocycles. The number of carbonyl (C=O) groups excluding carboxylic acids is 1. The van der Waals surface area contributed by atoms with Crippen molar-refractivity contribution in [1.29, 1.82) is 0 Å². The maximum atomic E-state index is 11.8. The van der Waals surface area contributed by atoms with Crippen LogP contribution in [0.1, 0.15) is 37.8 Å². The summed E-state index contributed by atoms with van der Waals surface area (Å²) in [5.41, 5.74) is 6.84. The highest BCUT2D eigenvalue weighted by atomic mass is 16.5. The van der Waals surface area contributed by atoms with Crippen LogP contribution >= 0.6 is 0 Å². The fourth-order valence-corrected chi connectivity index (χ4v) is 2.87. The van der Waals surface area contributed by atoms with Crippen LogP contribution in [0.2, 0.25) is 0 Å². The molecule has 1 aliphatic heterocycles. The number of piperidine rings is 1. The van der Waals surface area contributed by atoms with Gasteiger partial charge in [-0.2, -0.15) is 0 Å². The monoisotopic (exact) mass is 305 g/mol. The average molecular weight is 305 g/mol. The summed E-state index contributed by atoms with van der Waals surface area (Å²) in [6.45, 7) is 4.45. The normalized spacial score (nSPS) is 18.5. The Morgan fingerprint density at radius 1 is 1.27 bits per heavy atom. The predicted molar refractivity (Wildman–Crippen MR) is 87.8 cm³/mol. The lowest BCUT2D eigenvalue weighted by molar-refractivity contribution is -0.122. The van der Waals surface area contributed by atoms with Crippen molar-refractivity contribution >= 4 is 5.91 Å². The molecule has 0 bridgehead atoms. The molecule has 1 aromatic rings. The van der Waals surface area contributed by atoms with Gasteiger partial charge in [-0.1, -0.05) is 18.6 Å². The fourth-order valence-electron chi connectivity index (χ4n) is 2.87. The first-order valence-electron chi connectivity index (χ1n) is 8.03. The van der Waals surface area contributed by atoms with Gasteiger partial charge in [-0.3, -0.25) is 9.69 Å². The third kappa shape index (κ3) is 4.45. The van der Waals surface area contributed by atoms with Gasteiger partial charge in [0.25, 0.3) is 0 Å². The predicted octanol–water partition coefficient (Wildman–Crippen LogP) is 1.69. The van der Waals surface area contributed by atoms with E-state index in [-0.39, 0.29) is 11.9 Å². The number of rotatable bonds is 6. The number of benzene rings is 1. The molecule has 0 aromatic heterocycles. The summed E-state index contributed by atoms with van der Waals surface area (Å²) in [5, 5.41) is 2.97. The molecular weight excluding hydrogens is 278 g/mol. The minimum absolute atomic E-state index is 0.101. The van der Waals surface area contributed by atoms with Crippen LogP contribution in [0, 0.1) is 0 Å². The lowest BCUT2D eigenvalue weighted by Crippen LogP contribution is -2.44. The van der Waals surface area contributed by atoms with E-state index in [1.54, 1.807) is 14.0 Å². The van der Waals surface area contributed by atoms with Gasteiger partial charge in [-0.15, -0.1) is 0 Å². The van der Waals surface area contributed by atoms with Gasteiger partial charge in [-0.05, 0) is 50.6 Å². The standard InChI is InChI=1S/C17H27N3O2/c1-13(18)17(21)19-12-16(20-10-4-3-5-11-20)14-6-8-15(22-2)9-7-14/h6-9,13,16H,3-5,10-12,18H2,1-2H3,(H,19,21). The second kappa shape index (κ2) is 8.15. The van der Waals surface area contributed by atoms with Gasteiger partial charge in [0.2, 0.25) is 5.91 Å². The molecule has 2 atom stereocenters. The van der Waals surface area contributed by atoms with Crippen molar-refractivity contribution in [3.63, 3.8) is 0 Å². The SMILES string of the molecule is COc1ccc(C(CNC(=O)C(C)N)N2CCCCC2)cc1. The number of amides is 1. The highest BCUT2D eigenvalue weighted by Crippen LogP contribution is 2.25. The van der Waals surface area contributed by atoms with Crippen LogP contribution in [0.5, 0.6) is 5.75 Å². The Balaban J connectivity index is 2.10. The van der Waals surface area contributed by atoms with E-state index < -0.39 is 6.04 Å². The van der Waals surface area contributed by atoms with Gasteiger partial charge in [0.15, 0.2) is 0 Å². The van der Waals surface area contributed by atoms with Gasteiger partial charge in [0.1, 0.15) is 5.75 Å². The molecule has 2 unspecified atom stereocenters. The molecule has 0 spiro atoms. The molecule has 1 amide bonds. The van der Waals surface area contributed by atoms with Crippen LogP contribution in [0.25, 0.3) is 0 Å². The van der Waals surface area contributed by atoms with E-state index >= 15 is 0 Å². The van der Waals surface area contributed by atoms with Gasteiger partial charge in [0.05, 0.1) is 19.2 Å². The molecule has 0 radical (unpaired) electrons. The average Bonchev–Trinajstić information content (AvgIpc) is 2.56. The number of hydrogen-bond acceptors (Lipinski definition) is 4. The van der Waals surface area contributed by atoms with Gasteiger partial charge in [-0.25, -0.2) is 0 Å². The summed E-state index contributed by atoms with van der Waals surface area (Å²) in [7, 11) is 1.67. The Bertz CT molecular complexity index is 467. The van der Waals surface area contributed by atoms with E-state index in [0.717, 1.165) is 18.8 Å². The zero-order chi connectivity index (χ0) is 15.9. The van der Waals surface area contributed by atoms with E-state index in [1.165, 1.54) is 24.8 Å². The molecule has 122 valence electrons. The Labute approximate surface area is 132 Å². The first-order valence-corrected chi connectivity index (χ1v) is 8.03. The van der Waals surface area contributed by atoms with Gasteiger partial charge >= 0.3 is 0 Å². The minimum Gasteiger partial charge on any atom is -0.497 e. The van der Waals surface area contributed by atoms with Crippen molar-refractivity contribution in [2.45, 2.75) is 38.3 Å². The lowest BCUT2D eigenvalue weighted by Gasteiger charge is -2.35. The van der Waals surface area contributed by atoms with E-state index in [0.29, 0.717) is 6.54 Å². The van der Waals surface area contributed by atoms with Crippen LogP contribution in [0.4, 0.5) is 0 Å². The summed E-state index contributed by atoms with van der Waals surface area (Å²) in [6.07, 6.45) is 3.72. The molecule has 5 nitrogen and oxygen atoms in total. The number of ether oxygens (including phenoxy) is 1. The molecule has 2 rings (SSSR count). The molecule has 0 aliphatic carbocycles. The molecule has 1 heterocycles. The highest BCUT2D eigenvalue weighted by Gasteiger charge is 2.23. The summed E-state index contributed by atoms with van der Waals surface area (Å²) in [4.78, 5) is 14.2. The summed E-state index contributed by atoms with van der Waals surface area (Å²) in [5.74, 6) is 0.747. The first-order chi connectivity index (χ1) is 10.6. The van der Waals surface area contributed by atoms with Crippen LogP contribution in [-0.2, 0) is 4.79 Å². The Hall–Kier alpha value is -1.59. The van der Waals surface area contributed by atoms with Crippen LogP contribution in [0.15, 0.2) is 24.3 Å². The fraction of sp³-hybridized carbons (Fsp3) is 0.588. The summed E-state index contributed by atoms with van der Waals surface area (Å²) in [6, 6.07) is 7.82. The van der Waals surface area contributed by atoms with Crippen molar-refractivity contribution in [1.82, 2.24) is 10.2 Å². The number of nitrogens with one attached hydrogen (secondary N) is 1. The Kier molecular flexibility index (Phi) is 6.21. The number of nitrogens with zero attached hydrogens (tertiary/aromatic N) is 1. The van der Waals surface area contributed by atoms with Gasteiger partial charge in [0, 0.05) is 6.54 Å². The topological polar surface area (TPSA) is 67.6 Å².